The second-order valence-corrected chi connectivity index (χ2v) is 4.11. The standard InChI is InChI=1S/C10H17NO3/c1-6(2)8-9(12)7(5-11(8)3)10(13)14-4/h6-8H,5H2,1-4H3. The first-order valence-corrected chi connectivity index (χ1v) is 4.80. The van der Waals surface area contributed by atoms with E-state index in [9.17, 15) is 9.59 Å². The summed E-state index contributed by atoms with van der Waals surface area (Å²) in [6.07, 6.45) is 0. The molecule has 4 nitrogen and oxygen atoms in total. The Balaban J connectivity index is 2.79. The molecule has 4 heteroatoms. The van der Waals surface area contributed by atoms with Crippen LogP contribution in [0.4, 0.5) is 0 Å². The van der Waals surface area contributed by atoms with E-state index in [4.69, 9.17) is 0 Å². The summed E-state index contributed by atoms with van der Waals surface area (Å²) in [5, 5.41) is 0. The lowest BCUT2D eigenvalue weighted by Gasteiger charge is -2.20. The summed E-state index contributed by atoms with van der Waals surface area (Å²) < 4.78 is 4.59. The van der Waals surface area contributed by atoms with Crippen LogP contribution >= 0.6 is 0 Å². The number of Topliss-reactive ketones (excluding diaryl/α,β-unsaturated/α-hetero) is 1. The third-order valence-corrected chi connectivity index (χ3v) is 2.70. The molecule has 0 radical (unpaired) electrons. The van der Waals surface area contributed by atoms with Crippen molar-refractivity contribution < 1.29 is 14.3 Å². The highest BCUT2D eigenvalue weighted by molar-refractivity contribution is 6.03. The fraction of sp³-hybridized carbons (Fsp3) is 0.800. The summed E-state index contributed by atoms with van der Waals surface area (Å²) in [7, 11) is 3.18. The summed E-state index contributed by atoms with van der Waals surface area (Å²) in [6.45, 7) is 4.45. The number of ketones is 1. The number of carbonyl (C=O) groups is 2. The highest BCUT2D eigenvalue weighted by Crippen LogP contribution is 2.24. The molecule has 0 saturated carbocycles. The highest BCUT2D eigenvalue weighted by atomic mass is 16.5. The van der Waals surface area contributed by atoms with Crippen molar-refractivity contribution in [3.63, 3.8) is 0 Å². The number of likely N-dealkylation sites (tertiary alicyclic amines) is 1. The molecule has 0 N–H and O–H groups in total. The van der Waals surface area contributed by atoms with Crippen molar-refractivity contribution >= 4 is 11.8 Å². The van der Waals surface area contributed by atoms with E-state index in [0.29, 0.717) is 6.54 Å². The van der Waals surface area contributed by atoms with Crippen molar-refractivity contribution in [3.05, 3.63) is 0 Å². The van der Waals surface area contributed by atoms with Gasteiger partial charge in [-0.1, -0.05) is 13.8 Å². The molecule has 0 aromatic heterocycles. The molecule has 2 unspecified atom stereocenters. The topological polar surface area (TPSA) is 46.6 Å². The minimum Gasteiger partial charge on any atom is -0.468 e. The van der Waals surface area contributed by atoms with Gasteiger partial charge in [0.05, 0.1) is 13.2 Å². The van der Waals surface area contributed by atoms with Crippen LogP contribution in [0.3, 0.4) is 0 Å². The number of methoxy groups -OCH3 is 1. The largest absolute Gasteiger partial charge is 0.468 e. The summed E-state index contributed by atoms with van der Waals surface area (Å²) in [6, 6.07) is -0.140. The summed E-state index contributed by atoms with van der Waals surface area (Å²) in [5.74, 6) is -0.765. The van der Waals surface area contributed by atoms with Gasteiger partial charge in [0.2, 0.25) is 0 Å². The lowest BCUT2D eigenvalue weighted by Crippen LogP contribution is -2.35. The van der Waals surface area contributed by atoms with Crippen molar-refractivity contribution in [2.75, 3.05) is 20.7 Å². The zero-order chi connectivity index (χ0) is 10.9. The summed E-state index contributed by atoms with van der Waals surface area (Å²) in [4.78, 5) is 25.0. The SMILES string of the molecule is COC(=O)C1CN(C)C(C(C)C)C1=O. The van der Waals surface area contributed by atoms with Crippen molar-refractivity contribution in [3.8, 4) is 0 Å². The monoisotopic (exact) mass is 199 g/mol. The molecule has 80 valence electrons. The molecular formula is C10H17NO3. The molecule has 1 aliphatic heterocycles. The normalized spacial score (nSPS) is 28.5. The molecule has 0 amide bonds. The Bertz CT molecular complexity index is 250. The van der Waals surface area contributed by atoms with Gasteiger partial charge < -0.3 is 4.74 Å². The van der Waals surface area contributed by atoms with E-state index in [1.807, 2.05) is 25.8 Å². The van der Waals surface area contributed by atoms with Gasteiger partial charge in [0.1, 0.15) is 5.92 Å². The average Bonchev–Trinajstić information content (AvgIpc) is 2.40. The summed E-state index contributed by atoms with van der Waals surface area (Å²) >= 11 is 0. The van der Waals surface area contributed by atoms with E-state index in [-0.39, 0.29) is 17.7 Å². The van der Waals surface area contributed by atoms with Crippen molar-refractivity contribution in [2.45, 2.75) is 19.9 Å². The van der Waals surface area contributed by atoms with E-state index in [2.05, 4.69) is 4.74 Å². The first-order valence-electron chi connectivity index (χ1n) is 4.80. The smallest absolute Gasteiger partial charge is 0.317 e. The maximum atomic E-state index is 11.8. The Labute approximate surface area is 84.2 Å². The van der Waals surface area contributed by atoms with Crippen LogP contribution in [0.1, 0.15) is 13.8 Å². The molecule has 0 bridgehead atoms. The Morgan fingerprint density at radius 2 is 2.14 bits per heavy atom. The number of nitrogens with zero attached hydrogens (tertiary/aromatic N) is 1. The van der Waals surface area contributed by atoms with Crippen LogP contribution in [0.25, 0.3) is 0 Å². The lowest BCUT2D eigenvalue weighted by atomic mass is 9.96. The number of hydrogen-bond donors (Lipinski definition) is 0. The predicted octanol–water partition coefficient (Wildman–Crippen LogP) is 0.315. The van der Waals surface area contributed by atoms with Gasteiger partial charge in [-0.3, -0.25) is 14.5 Å². The van der Waals surface area contributed by atoms with Gasteiger partial charge in [0.15, 0.2) is 5.78 Å². The predicted molar refractivity (Wildman–Crippen MR) is 51.8 cm³/mol. The zero-order valence-electron chi connectivity index (χ0n) is 9.11. The van der Waals surface area contributed by atoms with E-state index in [0.717, 1.165) is 0 Å². The first-order chi connectivity index (χ1) is 6.49. The molecule has 1 fully saturated rings. The Morgan fingerprint density at radius 1 is 1.57 bits per heavy atom. The number of likely N-dealkylation sites (N-methyl/N-ethyl adjacent to an activating group) is 1. The average molecular weight is 199 g/mol. The first kappa shape index (κ1) is 11.2. The Hall–Kier alpha value is -0.900. The van der Waals surface area contributed by atoms with Crippen LogP contribution in [-0.2, 0) is 14.3 Å². The van der Waals surface area contributed by atoms with Gasteiger partial charge >= 0.3 is 5.97 Å². The van der Waals surface area contributed by atoms with Crippen LogP contribution in [0.2, 0.25) is 0 Å². The molecular weight excluding hydrogens is 182 g/mol. The third-order valence-electron chi connectivity index (χ3n) is 2.70. The van der Waals surface area contributed by atoms with Crippen LogP contribution < -0.4 is 0 Å². The number of rotatable bonds is 2. The number of carbonyl (C=O) groups excluding carboxylic acids is 2. The lowest BCUT2D eigenvalue weighted by molar-refractivity contribution is -0.148. The Morgan fingerprint density at radius 3 is 2.50 bits per heavy atom. The van der Waals surface area contributed by atoms with Crippen LogP contribution in [0.5, 0.6) is 0 Å². The second-order valence-electron chi connectivity index (χ2n) is 4.11. The highest BCUT2D eigenvalue weighted by Gasteiger charge is 2.44. The zero-order valence-corrected chi connectivity index (χ0v) is 9.11. The van der Waals surface area contributed by atoms with E-state index in [1.165, 1.54) is 7.11 Å². The van der Waals surface area contributed by atoms with Crippen molar-refractivity contribution in [2.24, 2.45) is 11.8 Å². The second kappa shape index (κ2) is 4.09. The molecule has 0 aromatic rings. The number of esters is 1. The van der Waals surface area contributed by atoms with Crippen LogP contribution in [0.15, 0.2) is 0 Å². The van der Waals surface area contributed by atoms with E-state index in [1.54, 1.807) is 0 Å². The maximum Gasteiger partial charge on any atom is 0.317 e. The molecule has 2 atom stereocenters. The fourth-order valence-corrected chi connectivity index (χ4v) is 2.09. The van der Waals surface area contributed by atoms with E-state index >= 15 is 0 Å². The third kappa shape index (κ3) is 1.80. The summed E-state index contributed by atoms with van der Waals surface area (Å²) in [5.41, 5.74) is 0. The van der Waals surface area contributed by atoms with Crippen molar-refractivity contribution in [1.29, 1.82) is 0 Å². The van der Waals surface area contributed by atoms with Crippen molar-refractivity contribution in [1.82, 2.24) is 4.90 Å². The van der Waals surface area contributed by atoms with Gasteiger partial charge in [-0.25, -0.2) is 0 Å². The fourth-order valence-electron chi connectivity index (χ4n) is 2.09. The Kier molecular flexibility index (Phi) is 3.26. The van der Waals surface area contributed by atoms with Gasteiger partial charge in [0.25, 0.3) is 0 Å². The van der Waals surface area contributed by atoms with Gasteiger partial charge in [-0.2, -0.15) is 0 Å². The maximum absolute atomic E-state index is 11.8. The number of hydrogen-bond acceptors (Lipinski definition) is 4. The van der Waals surface area contributed by atoms with Gasteiger partial charge in [-0.05, 0) is 13.0 Å². The van der Waals surface area contributed by atoms with Gasteiger partial charge in [-0.15, -0.1) is 0 Å². The van der Waals surface area contributed by atoms with Gasteiger partial charge in [0, 0.05) is 6.54 Å². The molecule has 1 heterocycles. The van der Waals surface area contributed by atoms with E-state index < -0.39 is 11.9 Å². The molecule has 1 aliphatic rings. The molecule has 1 rings (SSSR count). The molecule has 14 heavy (non-hydrogen) atoms. The molecule has 0 aliphatic carbocycles. The quantitative estimate of drug-likeness (QED) is 0.474. The molecule has 0 aromatic carbocycles. The van der Waals surface area contributed by atoms with Crippen LogP contribution in [-0.4, -0.2) is 43.4 Å². The number of ether oxygens (including phenoxy) is 1. The minimum absolute atomic E-state index is 0.00523. The minimum atomic E-state index is -0.586. The van der Waals surface area contributed by atoms with Crippen LogP contribution in [0, 0.1) is 11.8 Å². The molecule has 0 spiro atoms. The molecule has 1 saturated heterocycles.